The number of halogens is 2. The summed E-state index contributed by atoms with van der Waals surface area (Å²) in [4.78, 5) is 11.2. The molecule has 1 atom stereocenters. The van der Waals surface area contributed by atoms with Crippen molar-refractivity contribution in [3.8, 4) is 17.2 Å². The molecule has 128 valence electrons. The number of rotatable bonds is 7. The van der Waals surface area contributed by atoms with Gasteiger partial charge in [0.2, 0.25) is 0 Å². The molecule has 0 bridgehead atoms. The number of benzene rings is 2. The number of ether oxygens (including phenoxy) is 3. The van der Waals surface area contributed by atoms with Gasteiger partial charge in [-0.1, -0.05) is 0 Å². The summed E-state index contributed by atoms with van der Waals surface area (Å²) in [6.07, 6.45) is -0.310. The van der Waals surface area contributed by atoms with Crippen molar-refractivity contribution in [1.29, 1.82) is 0 Å². The van der Waals surface area contributed by atoms with E-state index in [1.165, 1.54) is 31.4 Å². The molecule has 2 aromatic rings. The Morgan fingerprint density at radius 1 is 1.08 bits per heavy atom. The van der Waals surface area contributed by atoms with Crippen LogP contribution in [0.3, 0.4) is 0 Å². The fourth-order valence-electron chi connectivity index (χ4n) is 2.00. The van der Waals surface area contributed by atoms with Gasteiger partial charge in [-0.15, -0.1) is 0 Å². The van der Waals surface area contributed by atoms with Gasteiger partial charge in [0.1, 0.15) is 23.4 Å². The average molecular weight is 338 g/mol. The molecule has 0 saturated carbocycles. The Hall–Kier alpha value is -2.67. The van der Waals surface area contributed by atoms with Crippen molar-refractivity contribution in [2.45, 2.75) is 13.0 Å². The molecule has 0 heterocycles. The van der Waals surface area contributed by atoms with Crippen molar-refractivity contribution in [3.05, 3.63) is 53.6 Å². The summed E-state index contributed by atoms with van der Waals surface area (Å²) in [7, 11) is 1.52. The monoisotopic (exact) mass is 338 g/mol. The van der Waals surface area contributed by atoms with Crippen LogP contribution in [0.4, 0.5) is 8.78 Å². The van der Waals surface area contributed by atoms with E-state index in [2.05, 4.69) is 0 Å². The Morgan fingerprint density at radius 2 is 1.79 bits per heavy atom. The standard InChI is InChI=1S/C17H16F2O5/c1-10(9-22-2)23-13-5-11(17(20)21)6-14(7-13)24-12-3-4-15(18)16(19)8-12/h3-8,10H,9H2,1-2H3,(H,20,21)/t10-/m0/s1. The normalized spacial score (nSPS) is 11.8. The van der Waals surface area contributed by atoms with Gasteiger partial charge >= 0.3 is 5.97 Å². The summed E-state index contributed by atoms with van der Waals surface area (Å²) in [5.74, 6) is -2.81. The number of carboxylic acid groups (broad SMARTS) is 1. The van der Waals surface area contributed by atoms with E-state index in [9.17, 15) is 18.7 Å². The quantitative estimate of drug-likeness (QED) is 0.830. The number of carboxylic acids is 1. The summed E-state index contributed by atoms with van der Waals surface area (Å²) in [5.41, 5.74) is -0.0605. The van der Waals surface area contributed by atoms with Crippen LogP contribution in [0.25, 0.3) is 0 Å². The van der Waals surface area contributed by atoms with Crippen LogP contribution in [0.15, 0.2) is 36.4 Å². The van der Waals surface area contributed by atoms with E-state index >= 15 is 0 Å². The molecule has 0 aromatic heterocycles. The smallest absolute Gasteiger partial charge is 0.335 e. The van der Waals surface area contributed by atoms with Crippen LogP contribution < -0.4 is 9.47 Å². The van der Waals surface area contributed by atoms with Gasteiger partial charge in [-0.3, -0.25) is 0 Å². The number of hydrogen-bond acceptors (Lipinski definition) is 4. The van der Waals surface area contributed by atoms with E-state index in [0.29, 0.717) is 6.61 Å². The van der Waals surface area contributed by atoms with Gasteiger partial charge in [0, 0.05) is 19.2 Å². The molecule has 0 radical (unpaired) electrons. The van der Waals surface area contributed by atoms with Crippen LogP contribution in [-0.4, -0.2) is 30.9 Å². The van der Waals surface area contributed by atoms with Crippen LogP contribution >= 0.6 is 0 Å². The van der Waals surface area contributed by atoms with Crippen LogP contribution in [0, 0.1) is 11.6 Å². The largest absolute Gasteiger partial charge is 0.488 e. The van der Waals surface area contributed by atoms with Gasteiger partial charge in [-0.05, 0) is 31.2 Å². The minimum absolute atomic E-state index is 0.0346. The van der Waals surface area contributed by atoms with Crippen molar-refractivity contribution >= 4 is 5.97 Å². The first-order valence-electron chi connectivity index (χ1n) is 7.06. The lowest BCUT2D eigenvalue weighted by atomic mass is 10.2. The molecule has 7 heteroatoms. The minimum Gasteiger partial charge on any atom is -0.488 e. The van der Waals surface area contributed by atoms with Crippen molar-refractivity contribution in [1.82, 2.24) is 0 Å². The Labute approximate surface area is 137 Å². The Bertz CT molecular complexity index is 733. The average Bonchev–Trinajstić information content (AvgIpc) is 2.51. The molecule has 0 aliphatic heterocycles. The van der Waals surface area contributed by atoms with Crippen LogP contribution in [0.5, 0.6) is 17.2 Å². The Morgan fingerprint density at radius 3 is 2.42 bits per heavy atom. The van der Waals surface area contributed by atoms with E-state index in [4.69, 9.17) is 14.2 Å². The van der Waals surface area contributed by atoms with Crippen LogP contribution in [-0.2, 0) is 4.74 Å². The second-order valence-corrected chi connectivity index (χ2v) is 5.06. The maximum Gasteiger partial charge on any atom is 0.335 e. The highest BCUT2D eigenvalue weighted by atomic mass is 19.2. The molecule has 0 amide bonds. The van der Waals surface area contributed by atoms with E-state index in [0.717, 1.165) is 12.1 Å². The van der Waals surface area contributed by atoms with Gasteiger partial charge in [0.05, 0.1) is 12.2 Å². The Balaban J connectivity index is 2.28. The van der Waals surface area contributed by atoms with Crippen molar-refractivity contribution in [3.63, 3.8) is 0 Å². The van der Waals surface area contributed by atoms with E-state index < -0.39 is 17.6 Å². The maximum atomic E-state index is 13.2. The zero-order chi connectivity index (χ0) is 17.7. The first-order valence-corrected chi connectivity index (χ1v) is 7.06. The van der Waals surface area contributed by atoms with Gasteiger partial charge in [0.25, 0.3) is 0 Å². The highest BCUT2D eigenvalue weighted by Gasteiger charge is 2.12. The lowest BCUT2D eigenvalue weighted by Crippen LogP contribution is -2.18. The predicted octanol–water partition coefficient (Wildman–Crippen LogP) is 3.87. The molecule has 0 aliphatic rings. The van der Waals surface area contributed by atoms with Gasteiger partial charge in [-0.2, -0.15) is 0 Å². The molecule has 24 heavy (non-hydrogen) atoms. The number of hydrogen-bond donors (Lipinski definition) is 1. The number of carbonyl (C=O) groups is 1. The predicted molar refractivity (Wildman–Crippen MR) is 81.8 cm³/mol. The third kappa shape index (κ3) is 4.66. The highest BCUT2D eigenvalue weighted by Crippen LogP contribution is 2.29. The number of aromatic carboxylic acids is 1. The molecule has 0 fully saturated rings. The molecule has 1 N–H and O–H groups in total. The van der Waals surface area contributed by atoms with Crippen LogP contribution in [0.1, 0.15) is 17.3 Å². The summed E-state index contributed by atoms with van der Waals surface area (Å²) >= 11 is 0. The maximum absolute atomic E-state index is 13.2. The zero-order valence-corrected chi connectivity index (χ0v) is 13.1. The summed E-state index contributed by atoms with van der Waals surface area (Å²) in [6, 6.07) is 7.09. The zero-order valence-electron chi connectivity index (χ0n) is 13.1. The lowest BCUT2D eigenvalue weighted by Gasteiger charge is -2.15. The summed E-state index contributed by atoms with van der Waals surface area (Å²) < 4.78 is 42.1. The van der Waals surface area contributed by atoms with E-state index in [-0.39, 0.29) is 28.9 Å². The van der Waals surface area contributed by atoms with Gasteiger partial charge in [0.15, 0.2) is 11.6 Å². The number of methoxy groups -OCH3 is 1. The fraction of sp³-hybridized carbons (Fsp3) is 0.235. The third-order valence-electron chi connectivity index (χ3n) is 2.99. The topological polar surface area (TPSA) is 65.0 Å². The van der Waals surface area contributed by atoms with Crippen LogP contribution in [0.2, 0.25) is 0 Å². The molecule has 2 aromatic carbocycles. The van der Waals surface area contributed by atoms with E-state index in [1.54, 1.807) is 6.92 Å². The molecule has 2 rings (SSSR count). The molecule has 0 unspecified atom stereocenters. The molecule has 5 nitrogen and oxygen atoms in total. The molecular formula is C17H16F2O5. The molecule has 0 spiro atoms. The minimum atomic E-state index is -1.17. The van der Waals surface area contributed by atoms with E-state index in [1.807, 2.05) is 0 Å². The molecule has 0 saturated heterocycles. The Kier molecular flexibility index (Phi) is 5.70. The third-order valence-corrected chi connectivity index (χ3v) is 2.99. The van der Waals surface area contributed by atoms with Gasteiger partial charge in [-0.25, -0.2) is 13.6 Å². The second-order valence-electron chi connectivity index (χ2n) is 5.06. The summed E-state index contributed by atoms with van der Waals surface area (Å²) in [5, 5.41) is 9.17. The fourth-order valence-corrected chi connectivity index (χ4v) is 2.00. The first kappa shape index (κ1) is 17.7. The van der Waals surface area contributed by atoms with Gasteiger partial charge < -0.3 is 19.3 Å². The van der Waals surface area contributed by atoms with Crippen molar-refractivity contribution < 1.29 is 32.9 Å². The molecular weight excluding hydrogens is 322 g/mol. The SMILES string of the molecule is COC[C@H](C)Oc1cc(Oc2ccc(F)c(F)c2)cc(C(=O)O)c1. The van der Waals surface area contributed by atoms with Crippen molar-refractivity contribution in [2.24, 2.45) is 0 Å². The lowest BCUT2D eigenvalue weighted by molar-refractivity contribution is 0.0693. The highest BCUT2D eigenvalue weighted by molar-refractivity contribution is 5.88. The second kappa shape index (κ2) is 7.74. The van der Waals surface area contributed by atoms with Crippen molar-refractivity contribution in [2.75, 3.05) is 13.7 Å². The first-order chi connectivity index (χ1) is 11.4. The summed E-state index contributed by atoms with van der Waals surface area (Å²) in [6.45, 7) is 2.07. The molecule has 0 aliphatic carbocycles.